The third-order valence-electron chi connectivity index (χ3n) is 2.15. The fourth-order valence-electron chi connectivity index (χ4n) is 1.31. The van der Waals surface area contributed by atoms with Gasteiger partial charge < -0.3 is 5.11 Å². The number of aliphatic hydroxyl groups is 1. The second-order valence-corrected chi connectivity index (χ2v) is 4.39. The van der Waals surface area contributed by atoms with E-state index in [-0.39, 0.29) is 0 Å². The largest absolute Gasteiger partial charge is 0.385 e. The fraction of sp³-hybridized carbons (Fsp3) is 0.333. The minimum atomic E-state index is -0.656. The molecular formula is C9H8BrClO. The van der Waals surface area contributed by atoms with Gasteiger partial charge in [0.15, 0.2) is 0 Å². The highest BCUT2D eigenvalue weighted by molar-refractivity contribution is 9.10. The number of halogens is 2. The Balaban J connectivity index is 2.55. The molecule has 0 unspecified atom stereocenters. The maximum atomic E-state index is 9.85. The molecule has 0 amide bonds. The first kappa shape index (κ1) is 8.54. The van der Waals surface area contributed by atoms with E-state index < -0.39 is 5.60 Å². The van der Waals surface area contributed by atoms with Gasteiger partial charge >= 0.3 is 0 Å². The average Bonchev–Trinajstić information content (AvgIpc) is 2.68. The monoisotopic (exact) mass is 246 g/mol. The van der Waals surface area contributed by atoms with Crippen molar-refractivity contribution in [2.75, 3.05) is 0 Å². The molecule has 1 aromatic rings. The zero-order chi connectivity index (χ0) is 8.77. The molecule has 64 valence electrons. The lowest BCUT2D eigenvalue weighted by atomic mass is 10.1. The minimum Gasteiger partial charge on any atom is -0.385 e. The molecule has 0 aliphatic heterocycles. The first-order valence-corrected chi connectivity index (χ1v) is 4.97. The average molecular weight is 248 g/mol. The van der Waals surface area contributed by atoms with Crippen molar-refractivity contribution < 1.29 is 5.11 Å². The van der Waals surface area contributed by atoms with Crippen molar-refractivity contribution in [1.82, 2.24) is 0 Å². The van der Waals surface area contributed by atoms with Crippen molar-refractivity contribution in [3.63, 3.8) is 0 Å². The van der Waals surface area contributed by atoms with E-state index in [1.165, 1.54) is 0 Å². The number of benzene rings is 1. The smallest absolute Gasteiger partial charge is 0.0924 e. The molecule has 1 N–H and O–H groups in total. The standard InChI is InChI=1S/C9H8BrClO/c10-6-2-1-3-7(11)8(6)9(12)4-5-9/h1-3,12H,4-5H2. The van der Waals surface area contributed by atoms with Crippen LogP contribution in [0.5, 0.6) is 0 Å². The summed E-state index contributed by atoms with van der Waals surface area (Å²) in [7, 11) is 0. The molecule has 1 aliphatic rings. The lowest BCUT2D eigenvalue weighted by molar-refractivity contribution is 0.151. The van der Waals surface area contributed by atoms with Gasteiger partial charge in [0.1, 0.15) is 0 Å². The zero-order valence-electron chi connectivity index (χ0n) is 6.35. The summed E-state index contributed by atoms with van der Waals surface area (Å²) in [6, 6.07) is 5.57. The Kier molecular flexibility index (Phi) is 1.94. The molecule has 1 fully saturated rings. The molecule has 0 aromatic heterocycles. The Bertz CT molecular complexity index is 300. The van der Waals surface area contributed by atoms with E-state index in [0.717, 1.165) is 22.9 Å². The Morgan fingerprint density at radius 3 is 2.58 bits per heavy atom. The summed E-state index contributed by atoms with van der Waals surface area (Å²) in [5.41, 5.74) is 0.184. The van der Waals surface area contributed by atoms with E-state index >= 15 is 0 Å². The van der Waals surface area contributed by atoms with Gasteiger partial charge in [0.25, 0.3) is 0 Å². The van der Waals surface area contributed by atoms with Gasteiger partial charge in [-0.2, -0.15) is 0 Å². The summed E-state index contributed by atoms with van der Waals surface area (Å²) in [5.74, 6) is 0. The lowest BCUT2D eigenvalue weighted by Gasteiger charge is -2.11. The Labute approximate surface area is 84.5 Å². The van der Waals surface area contributed by atoms with Gasteiger partial charge in [-0.05, 0) is 25.0 Å². The first-order valence-electron chi connectivity index (χ1n) is 3.80. The molecule has 1 nitrogen and oxygen atoms in total. The van der Waals surface area contributed by atoms with E-state index in [2.05, 4.69) is 15.9 Å². The summed E-state index contributed by atoms with van der Waals surface area (Å²) in [6.07, 6.45) is 1.63. The molecule has 0 atom stereocenters. The van der Waals surface area contributed by atoms with Crippen LogP contribution in [0.15, 0.2) is 22.7 Å². The number of rotatable bonds is 1. The number of hydrogen-bond donors (Lipinski definition) is 1. The van der Waals surface area contributed by atoms with Gasteiger partial charge in [0, 0.05) is 15.1 Å². The third kappa shape index (κ3) is 1.28. The van der Waals surface area contributed by atoms with Gasteiger partial charge in [-0.15, -0.1) is 0 Å². The fourth-order valence-corrected chi connectivity index (χ4v) is 2.51. The molecule has 0 radical (unpaired) electrons. The minimum absolute atomic E-state index is 0.643. The van der Waals surface area contributed by atoms with E-state index in [4.69, 9.17) is 11.6 Å². The van der Waals surface area contributed by atoms with Gasteiger partial charge in [-0.3, -0.25) is 0 Å². The van der Waals surface area contributed by atoms with Crippen molar-refractivity contribution >= 4 is 27.5 Å². The van der Waals surface area contributed by atoms with Gasteiger partial charge in [0.05, 0.1) is 5.60 Å². The van der Waals surface area contributed by atoms with Crippen LogP contribution in [0.2, 0.25) is 5.02 Å². The first-order chi connectivity index (χ1) is 5.63. The summed E-state index contributed by atoms with van der Waals surface area (Å²) in [6.45, 7) is 0. The zero-order valence-corrected chi connectivity index (χ0v) is 8.69. The predicted octanol–water partition coefficient (Wildman–Crippen LogP) is 3.08. The van der Waals surface area contributed by atoms with Gasteiger partial charge in [-0.1, -0.05) is 33.6 Å². The van der Waals surface area contributed by atoms with Gasteiger partial charge in [0.2, 0.25) is 0 Å². The highest BCUT2D eigenvalue weighted by Gasteiger charge is 2.44. The summed E-state index contributed by atoms with van der Waals surface area (Å²) >= 11 is 9.34. The van der Waals surface area contributed by atoms with E-state index in [0.29, 0.717) is 5.02 Å². The maximum Gasteiger partial charge on any atom is 0.0924 e. The molecule has 3 heteroatoms. The Morgan fingerprint density at radius 2 is 2.08 bits per heavy atom. The van der Waals surface area contributed by atoms with Crippen molar-refractivity contribution in [3.05, 3.63) is 33.3 Å². The predicted molar refractivity (Wildman–Crippen MR) is 52.3 cm³/mol. The summed E-state index contributed by atoms with van der Waals surface area (Å²) in [5, 5.41) is 10.5. The highest BCUT2D eigenvalue weighted by Crippen LogP contribution is 2.50. The molecule has 1 saturated carbocycles. The van der Waals surface area contributed by atoms with Crippen molar-refractivity contribution in [1.29, 1.82) is 0 Å². The maximum absolute atomic E-state index is 9.85. The van der Waals surface area contributed by atoms with Crippen LogP contribution in [0.3, 0.4) is 0 Å². The number of hydrogen-bond acceptors (Lipinski definition) is 1. The third-order valence-corrected chi connectivity index (χ3v) is 3.13. The molecule has 0 spiro atoms. The Morgan fingerprint density at radius 1 is 1.42 bits per heavy atom. The van der Waals surface area contributed by atoms with Crippen molar-refractivity contribution in [3.8, 4) is 0 Å². The molecule has 1 aliphatic carbocycles. The molecule has 12 heavy (non-hydrogen) atoms. The SMILES string of the molecule is OC1(c2c(Cl)cccc2Br)CC1. The van der Waals surface area contributed by atoms with Crippen LogP contribution in [-0.2, 0) is 5.60 Å². The summed E-state index contributed by atoms with van der Waals surface area (Å²) < 4.78 is 0.898. The normalized spacial score (nSPS) is 19.2. The van der Waals surface area contributed by atoms with Crippen molar-refractivity contribution in [2.24, 2.45) is 0 Å². The second-order valence-electron chi connectivity index (χ2n) is 3.13. The molecule has 2 rings (SSSR count). The van der Waals surface area contributed by atoms with Crippen LogP contribution in [0.1, 0.15) is 18.4 Å². The van der Waals surface area contributed by atoms with Crippen LogP contribution < -0.4 is 0 Å². The topological polar surface area (TPSA) is 20.2 Å². The molecular weight excluding hydrogens is 239 g/mol. The van der Waals surface area contributed by atoms with Gasteiger partial charge in [-0.25, -0.2) is 0 Å². The molecule has 1 aromatic carbocycles. The van der Waals surface area contributed by atoms with Crippen LogP contribution in [0.4, 0.5) is 0 Å². The quantitative estimate of drug-likeness (QED) is 0.808. The van der Waals surface area contributed by atoms with Crippen LogP contribution in [-0.4, -0.2) is 5.11 Å². The lowest BCUT2D eigenvalue weighted by Crippen LogP contribution is -2.05. The molecule has 0 saturated heterocycles. The van der Waals surface area contributed by atoms with E-state index in [1.807, 2.05) is 12.1 Å². The van der Waals surface area contributed by atoms with Crippen LogP contribution in [0.25, 0.3) is 0 Å². The summed E-state index contributed by atoms with van der Waals surface area (Å²) in [4.78, 5) is 0. The van der Waals surface area contributed by atoms with E-state index in [9.17, 15) is 5.11 Å². The highest BCUT2D eigenvalue weighted by atomic mass is 79.9. The second kappa shape index (κ2) is 2.72. The van der Waals surface area contributed by atoms with E-state index in [1.54, 1.807) is 6.07 Å². The Hall–Kier alpha value is -0.0500. The molecule has 0 bridgehead atoms. The molecule has 0 heterocycles. The van der Waals surface area contributed by atoms with Crippen LogP contribution in [0, 0.1) is 0 Å². The van der Waals surface area contributed by atoms with Crippen LogP contribution >= 0.6 is 27.5 Å². The van der Waals surface area contributed by atoms with Crippen molar-refractivity contribution in [2.45, 2.75) is 18.4 Å².